The highest BCUT2D eigenvalue weighted by atomic mass is 28.3. The van der Waals surface area contributed by atoms with E-state index in [1.54, 1.807) is 10.4 Å². The lowest BCUT2D eigenvalue weighted by Gasteiger charge is -2.32. The molecule has 0 nitrogen and oxygen atoms in total. The fraction of sp³-hybridized carbons (Fsp3) is 0.0667. The van der Waals surface area contributed by atoms with Crippen molar-refractivity contribution in [3.8, 4) is 77.9 Å². The Kier molecular flexibility index (Phi) is 8.63. The maximum absolute atomic E-state index is 2.60. The summed E-state index contributed by atoms with van der Waals surface area (Å²) in [6.07, 6.45) is 0. The van der Waals surface area contributed by atoms with Crippen molar-refractivity contribution in [3.05, 3.63) is 265 Å². The van der Waals surface area contributed by atoms with E-state index in [9.17, 15) is 0 Å². The second-order valence-corrected chi connectivity index (χ2v) is 31.8. The molecule has 0 amide bonds. The van der Waals surface area contributed by atoms with Gasteiger partial charge in [0.25, 0.3) is 0 Å². The Balaban J connectivity index is 1.02. The Morgan fingerprint density at radius 2 is 0.571 bits per heavy atom. The Bertz CT molecular complexity index is 4650. The van der Waals surface area contributed by atoms with E-state index in [4.69, 9.17) is 0 Å². The van der Waals surface area contributed by atoms with Crippen molar-refractivity contribution in [2.75, 3.05) is 0 Å². The molecule has 360 valence electrons. The van der Waals surface area contributed by atoms with E-state index in [0.717, 1.165) is 0 Å². The Labute approximate surface area is 451 Å². The van der Waals surface area contributed by atoms with Crippen LogP contribution in [0.15, 0.2) is 243 Å². The molecule has 0 bridgehead atoms. The van der Waals surface area contributed by atoms with Crippen LogP contribution in [0.3, 0.4) is 0 Å². The molecule has 2 heteroatoms. The van der Waals surface area contributed by atoms with Gasteiger partial charge in [0.1, 0.15) is 16.1 Å². The first-order valence-electron chi connectivity index (χ1n) is 27.5. The van der Waals surface area contributed by atoms with Gasteiger partial charge >= 0.3 is 0 Å². The molecule has 13 aromatic carbocycles. The lowest BCUT2D eigenvalue weighted by molar-refractivity contribution is 0.802. The van der Waals surface area contributed by atoms with E-state index in [0.29, 0.717) is 0 Å². The van der Waals surface area contributed by atoms with Crippen LogP contribution in [-0.4, -0.2) is 16.1 Å². The van der Waals surface area contributed by atoms with Gasteiger partial charge in [0.15, 0.2) is 0 Å². The van der Waals surface area contributed by atoms with Gasteiger partial charge in [-0.2, -0.15) is 0 Å². The van der Waals surface area contributed by atoms with Gasteiger partial charge in [-0.3, -0.25) is 0 Å². The topological polar surface area (TPSA) is 0 Å². The maximum Gasteiger partial charge on any atom is 0.114 e. The SMILES string of the molecule is C[Si]1(C)c2ccccc2-c2cccc(-c3cccc4c(-c5cccc6c5-c5ccccc5C65c6ccccc6-c6c5c5ccccc5c5ccccc65)c5cccc(-c6cccc7c6[Si](C)(C)c6ccccc6-7)c5cc34)c21. The van der Waals surface area contributed by atoms with Crippen LogP contribution >= 0.6 is 0 Å². The van der Waals surface area contributed by atoms with Gasteiger partial charge < -0.3 is 0 Å². The molecule has 1 spiro atoms. The molecule has 0 saturated carbocycles. The largest absolute Gasteiger partial charge is 0.114 e. The first-order valence-corrected chi connectivity index (χ1v) is 33.5. The van der Waals surface area contributed by atoms with Crippen LogP contribution in [0.5, 0.6) is 0 Å². The summed E-state index contributed by atoms with van der Waals surface area (Å²) in [5.74, 6) is 0. The number of rotatable bonds is 3. The second-order valence-electron chi connectivity index (χ2n) is 23.3. The second kappa shape index (κ2) is 15.3. The van der Waals surface area contributed by atoms with Crippen LogP contribution in [0.25, 0.3) is 121 Å². The summed E-state index contributed by atoms with van der Waals surface area (Å²) in [7, 11) is -4.23. The average Bonchev–Trinajstić information content (AvgIpc) is 4.34. The normalized spacial score (nSPS) is 16.3. The summed E-state index contributed by atoms with van der Waals surface area (Å²) < 4.78 is 0. The van der Waals surface area contributed by atoms with Crippen LogP contribution in [0.1, 0.15) is 22.3 Å². The summed E-state index contributed by atoms with van der Waals surface area (Å²) in [5, 5.41) is 16.6. The lowest BCUT2D eigenvalue weighted by atomic mass is 9.69. The van der Waals surface area contributed by atoms with Gasteiger partial charge in [0.2, 0.25) is 0 Å². The Morgan fingerprint density at radius 3 is 1.13 bits per heavy atom. The minimum Gasteiger partial charge on any atom is -0.0623 e. The first kappa shape index (κ1) is 43.6. The van der Waals surface area contributed by atoms with Crippen molar-refractivity contribution >= 4 is 80.0 Å². The molecule has 17 rings (SSSR count). The van der Waals surface area contributed by atoms with E-state index in [-0.39, 0.29) is 0 Å². The van der Waals surface area contributed by atoms with Crippen LogP contribution < -0.4 is 20.7 Å². The minimum atomic E-state index is -2.11. The summed E-state index contributed by atoms with van der Waals surface area (Å²) in [4.78, 5) is 0. The van der Waals surface area contributed by atoms with Crippen molar-refractivity contribution in [1.82, 2.24) is 0 Å². The van der Waals surface area contributed by atoms with Gasteiger partial charge in [0, 0.05) is 0 Å². The molecule has 13 aromatic rings. The van der Waals surface area contributed by atoms with Crippen molar-refractivity contribution in [3.63, 3.8) is 0 Å². The molecule has 2 heterocycles. The highest BCUT2D eigenvalue weighted by molar-refractivity contribution is 7.05. The summed E-state index contributed by atoms with van der Waals surface area (Å²) in [6.45, 7) is 10.3. The molecule has 0 radical (unpaired) electrons. The molecule has 2 aliphatic heterocycles. The molecule has 2 aliphatic carbocycles. The van der Waals surface area contributed by atoms with Crippen molar-refractivity contribution in [2.24, 2.45) is 0 Å². The quantitative estimate of drug-likeness (QED) is 0.0940. The summed E-state index contributed by atoms with van der Waals surface area (Å²) in [5.41, 5.74) is 23.8. The monoisotopic (exact) mass is 1010 g/mol. The fourth-order valence-electron chi connectivity index (χ4n) is 16.1. The predicted molar refractivity (Wildman–Crippen MR) is 333 cm³/mol. The molecule has 77 heavy (non-hydrogen) atoms. The molecular formula is C75H52Si2. The molecule has 1 unspecified atom stereocenters. The lowest BCUT2D eigenvalue weighted by Crippen LogP contribution is -2.50. The zero-order valence-electron chi connectivity index (χ0n) is 43.6. The molecule has 4 aliphatic rings. The van der Waals surface area contributed by atoms with Crippen LogP contribution in [-0.2, 0) is 5.41 Å². The Hall–Kier alpha value is -8.67. The van der Waals surface area contributed by atoms with E-state index in [1.807, 2.05) is 0 Å². The van der Waals surface area contributed by atoms with E-state index >= 15 is 0 Å². The van der Waals surface area contributed by atoms with Gasteiger partial charge in [-0.15, -0.1) is 0 Å². The highest BCUT2D eigenvalue weighted by Gasteiger charge is 2.54. The zero-order chi connectivity index (χ0) is 51.1. The predicted octanol–water partition coefficient (Wildman–Crippen LogP) is 17.2. The number of hydrogen-bond donors (Lipinski definition) is 0. The van der Waals surface area contributed by atoms with E-state index in [1.165, 1.54) is 154 Å². The number of fused-ring (bicyclic) bond motifs is 23. The molecule has 0 aromatic heterocycles. The molecule has 0 saturated heterocycles. The molecule has 1 atom stereocenters. The Morgan fingerprint density at radius 1 is 0.234 bits per heavy atom. The summed E-state index contributed by atoms with van der Waals surface area (Å²) >= 11 is 0. The smallest absolute Gasteiger partial charge is 0.0623 e. The third kappa shape index (κ3) is 5.37. The van der Waals surface area contributed by atoms with Crippen molar-refractivity contribution in [2.45, 2.75) is 31.6 Å². The third-order valence-electron chi connectivity index (χ3n) is 19.0. The molecule has 0 N–H and O–H groups in total. The average molecular weight is 1010 g/mol. The van der Waals surface area contributed by atoms with Gasteiger partial charge in [0.05, 0.1) is 5.41 Å². The highest BCUT2D eigenvalue weighted by Crippen LogP contribution is 2.67. The summed E-state index contributed by atoms with van der Waals surface area (Å²) in [6, 6.07) is 94.2. The first-order chi connectivity index (χ1) is 37.8. The van der Waals surface area contributed by atoms with E-state index < -0.39 is 21.6 Å². The van der Waals surface area contributed by atoms with Gasteiger partial charge in [-0.1, -0.05) is 263 Å². The van der Waals surface area contributed by atoms with Crippen LogP contribution in [0.2, 0.25) is 26.2 Å². The third-order valence-corrected chi connectivity index (χ3v) is 26.2. The van der Waals surface area contributed by atoms with Crippen LogP contribution in [0, 0.1) is 0 Å². The number of benzene rings is 13. The van der Waals surface area contributed by atoms with Crippen LogP contribution in [0.4, 0.5) is 0 Å². The molecule has 0 fully saturated rings. The van der Waals surface area contributed by atoms with E-state index in [2.05, 4.69) is 269 Å². The fourth-order valence-corrected chi connectivity index (χ4v) is 23.1. The zero-order valence-corrected chi connectivity index (χ0v) is 45.6. The van der Waals surface area contributed by atoms with Crippen molar-refractivity contribution in [1.29, 1.82) is 0 Å². The van der Waals surface area contributed by atoms with Gasteiger partial charge in [-0.05, 0) is 170 Å². The molecular weight excluding hydrogens is 957 g/mol. The van der Waals surface area contributed by atoms with Gasteiger partial charge in [-0.25, -0.2) is 0 Å². The number of hydrogen-bond acceptors (Lipinski definition) is 0. The standard InChI is InChI=1S/C75H52Si2/c1-76(2)67-42-15-11-24-49(67)57-36-19-34-55(73(57)76)47-30-17-32-52-62(47)44-63-48(56-35-20-37-58-50-25-12-16-43-68(50)77(3,4)74(56)58)31-18-33-53(63)69(52)61-38-21-41-66-70(61)59-28-9-13-39-64(59)75(66)65-40-14-10-29-60(65)71-51-26-7-5-22-45(51)46-23-6-8-27-54(46)72(71)75/h5-44H,1-4H3. The minimum absolute atomic E-state index is 0.556. The van der Waals surface area contributed by atoms with Crippen molar-refractivity contribution < 1.29 is 0 Å². The maximum atomic E-state index is 2.60.